The van der Waals surface area contributed by atoms with E-state index in [1.54, 1.807) is 51.1 Å². The molecule has 10 atom stereocenters. The highest BCUT2D eigenvalue weighted by Gasteiger charge is 2.46. The van der Waals surface area contributed by atoms with Crippen molar-refractivity contribution in [3.8, 4) is 34.8 Å². The van der Waals surface area contributed by atoms with Crippen molar-refractivity contribution < 1.29 is 71.6 Å². The van der Waals surface area contributed by atoms with Gasteiger partial charge >= 0.3 is 0 Å². The van der Waals surface area contributed by atoms with Crippen LogP contribution < -0.4 is 20.7 Å². The molecule has 0 spiro atoms. The predicted molar refractivity (Wildman–Crippen MR) is 332 cm³/mol. The van der Waals surface area contributed by atoms with Gasteiger partial charge < -0.3 is 74.4 Å². The van der Waals surface area contributed by atoms with Crippen LogP contribution in [0.15, 0.2) is 116 Å². The highest BCUT2D eigenvalue weighted by atomic mass is 32.2. The molecule has 0 radical (unpaired) electrons. The Morgan fingerprint density at radius 3 is 1.47 bits per heavy atom. The zero-order chi connectivity index (χ0) is 61.9. The molecular formula is C64H80N8O15S. The number of sulfonamides is 1. The van der Waals surface area contributed by atoms with Gasteiger partial charge in [-0.3, -0.25) is 14.6 Å². The van der Waals surface area contributed by atoms with Gasteiger partial charge in [0.05, 0.1) is 38.6 Å². The monoisotopic (exact) mass is 1230 g/mol. The van der Waals surface area contributed by atoms with Crippen LogP contribution in [0.3, 0.4) is 0 Å². The van der Waals surface area contributed by atoms with E-state index in [2.05, 4.69) is 54.7 Å². The molecule has 4 fully saturated rings. The van der Waals surface area contributed by atoms with Gasteiger partial charge in [0.1, 0.15) is 77.3 Å². The number of ether oxygens (including phenoxy) is 4. The molecule has 10 rings (SSSR count). The van der Waals surface area contributed by atoms with Crippen molar-refractivity contribution in [1.82, 2.24) is 19.8 Å². The van der Waals surface area contributed by atoms with Gasteiger partial charge in [-0.05, 0) is 109 Å². The molecule has 1 amide bonds. The van der Waals surface area contributed by atoms with E-state index in [9.17, 15) is 54.4 Å². The van der Waals surface area contributed by atoms with E-state index in [0.717, 1.165) is 123 Å². The molecule has 0 saturated carbocycles. The minimum Gasteiger partial charge on any atom is -0.456 e. The van der Waals surface area contributed by atoms with Gasteiger partial charge in [-0.25, -0.2) is 8.42 Å². The van der Waals surface area contributed by atoms with Crippen LogP contribution in [-0.4, -0.2) is 195 Å². The average molecular weight is 1230 g/mol. The maximum Gasteiger partial charge on any atom is 0.262 e. The molecule has 4 saturated heterocycles. The van der Waals surface area contributed by atoms with Crippen LogP contribution >= 0.6 is 0 Å². The molecule has 24 heteroatoms. The first-order valence-corrected chi connectivity index (χ1v) is 30.7. The number of nitrogens with one attached hydrogen (secondary N) is 4. The average Bonchev–Trinajstić information content (AvgIpc) is 3.74. The largest absolute Gasteiger partial charge is 0.456 e. The van der Waals surface area contributed by atoms with Gasteiger partial charge in [0, 0.05) is 86.0 Å². The number of furan rings is 2. The fourth-order valence-corrected chi connectivity index (χ4v) is 12.3. The minimum absolute atomic E-state index is 0. The maximum absolute atomic E-state index is 13.2. The van der Waals surface area contributed by atoms with E-state index in [1.807, 2.05) is 54.6 Å². The number of carbonyl (C=O) groups is 1. The van der Waals surface area contributed by atoms with E-state index in [1.165, 1.54) is 6.92 Å². The van der Waals surface area contributed by atoms with Crippen molar-refractivity contribution in [2.45, 2.75) is 109 Å². The molecule has 472 valence electrons. The van der Waals surface area contributed by atoms with Crippen LogP contribution in [0.2, 0.25) is 0 Å². The summed E-state index contributed by atoms with van der Waals surface area (Å²) in [6, 6.07) is 31.6. The minimum atomic E-state index is -4.55. The topological polar surface area (TPSA) is 338 Å². The second-order valence-corrected chi connectivity index (χ2v) is 23.5. The van der Waals surface area contributed by atoms with Crippen molar-refractivity contribution in [2.24, 2.45) is 0 Å². The number of amides is 1. The van der Waals surface area contributed by atoms with Crippen LogP contribution in [0.25, 0.3) is 55.3 Å². The second-order valence-electron chi connectivity index (χ2n) is 21.9. The lowest BCUT2D eigenvalue weighted by atomic mass is 9.95. The Labute approximate surface area is 512 Å². The summed E-state index contributed by atoms with van der Waals surface area (Å²) in [6.07, 6.45) is -10.1. The molecule has 10 N–H and O–H groups in total. The van der Waals surface area contributed by atoms with Gasteiger partial charge in [-0.15, -0.1) is 0 Å². The van der Waals surface area contributed by atoms with Crippen LogP contribution in [-0.2, 0) is 33.8 Å². The summed E-state index contributed by atoms with van der Waals surface area (Å²) in [5.41, 5.74) is 3.76. The van der Waals surface area contributed by atoms with E-state index in [4.69, 9.17) is 27.8 Å². The summed E-state index contributed by atoms with van der Waals surface area (Å²) >= 11 is 0. The summed E-state index contributed by atoms with van der Waals surface area (Å²) in [5.74, 6) is 0.716. The molecule has 6 aromatic rings. The molecule has 6 heterocycles. The summed E-state index contributed by atoms with van der Waals surface area (Å²) in [5, 5.41) is 95.1. The maximum atomic E-state index is 13.2. The Morgan fingerprint density at radius 1 is 0.580 bits per heavy atom. The summed E-state index contributed by atoms with van der Waals surface area (Å²) < 4.78 is 61.9. The Bertz CT molecular complexity index is 3620. The third-order valence-electron chi connectivity index (χ3n) is 16.2. The lowest BCUT2D eigenvalue weighted by Crippen LogP contribution is -2.63. The summed E-state index contributed by atoms with van der Waals surface area (Å²) in [4.78, 5) is 17.1. The van der Waals surface area contributed by atoms with Crippen LogP contribution in [0, 0.1) is 22.7 Å². The van der Waals surface area contributed by atoms with Gasteiger partial charge in [0.15, 0.2) is 17.5 Å². The molecule has 23 nitrogen and oxygen atoms in total. The zero-order valence-electron chi connectivity index (χ0n) is 49.0. The molecule has 2 unspecified atom stereocenters. The highest BCUT2D eigenvalue weighted by Crippen LogP contribution is 2.34. The standard InChI is InChI=1S/C32H38N4O7.C31H38N4O8S.CH4/c1-3-25-29(37)30(38)28(32(40)43-25)35-31(39)24(18-33)19(2)26-8-9-27(42-26)22-5-4-21-17-23(7-6-20(21)16-22)34-10-11-36-12-14-41-15-13-36;1-3-24-29(36)30(37)28(31(38)43-24)34-44(39,40)27(18-32)19(2)25-8-9-26(42-25)22-5-4-21-17-23(7-6-20(21)16-22)33-10-11-35-12-14-41-15-13-35;/h4-9,16-17,25,28-30,32,34,37-38,40H,3,10-15H2,1-2H3,(H,35,39);4-9,16-17,24,28-31,33-34,36-38H,3,10-15H2,1-2H3;1H4/b24-19+;27-19+;/t25-,28-,29-,30-,32?;24-,28-,29-,30-,31?;/m11./s1. The number of nitrogens with zero attached hydrogens (tertiary/aromatic N) is 4. The Balaban J connectivity index is 0.000000225. The van der Waals surface area contributed by atoms with Crippen molar-refractivity contribution in [3.63, 3.8) is 0 Å². The Kier molecular flexibility index (Phi) is 23.1. The van der Waals surface area contributed by atoms with Gasteiger partial charge in [0.25, 0.3) is 15.9 Å². The van der Waals surface area contributed by atoms with E-state index in [0.29, 0.717) is 30.1 Å². The number of carbonyl (C=O) groups excluding carboxylic acids is 1. The van der Waals surface area contributed by atoms with Crippen LogP contribution in [0.1, 0.15) is 59.5 Å². The number of morpholine rings is 2. The van der Waals surface area contributed by atoms with Crippen LogP contribution in [0.5, 0.6) is 0 Å². The number of benzene rings is 4. The van der Waals surface area contributed by atoms with Crippen molar-refractivity contribution >= 4 is 60.0 Å². The molecule has 0 aliphatic carbocycles. The molecule has 4 aliphatic rings. The van der Waals surface area contributed by atoms with Crippen molar-refractivity contribution in [2.75, 3.05) is 89.4 Å². The first-order chi connectivity index (χ1) is 41.9. The number of fused-ring (bicyclic) bond motifs is 2. The fraction of sp³-hybridized carbons (Fsp3) is 0.453. The normalized spacial score (nSPS) is 25.0. The van der Waals surface area contributed by atoms with Gasteiger partial charge in [-0.1, -0.05) is 57.7 Å². The van der Waals surface area contributed by atoms with Gasteiger partial charge in [-0.2, -0.15) is 15.2 Å². The van der Waals surface area contributed by atoms with Gasteiger partial charge in [0.2, 0.25) is 0 Å². The smallest absolute Gasteiger partial charge is 0.262 e. The van der Waals surface area contributed by atoms with E-state index >= 15 is 0 Å². The molecule has 88 heavy (non-hydrogen) atoms. The van der Waals surface area contributed by atoms with Crippen LogP contribution in [0.4, 0.5) is 11.4 Å². The molecule has 4 aliphatic heterocycles. The number of nitriles is 2. The molecule has 2 aromatic heterocycles. The van der Waals surface area contributed by atoms with Crippen molar-refractivity contribution in [3.05, 3.63) is 119 Å². The third kappa shape index (κ3) is 15.8. The van der Waals surface area contributed by atoms with E-state index in [-0.39, 0.29) is 29.9 Å². The van der Waals surface area contributed by atoms with Crippen molar-refractivity contribution in [1.29, 1.82) is 10.5 Å². The number of aliphatic hydroxyl groups excluding tert-OH is 6. The lowest BCUT2D eigenvalue weighted by Gasteiger charge is -2.40. The Morgan fingerprint density at radius 2 is 1.01 bits per heavy atom. The number of hydrogen-bond donors (Lipinski definition) is 10. The zero-order valence-corrected chi connectivity index (χ0v) is 49.8. The number of hydrogen-bond acceptors (Lipinski definition) is 21. The second kappa shape index (κ2) is 30.4. The quantitative estimate of drug-likeness (QED) is 0.0361. The number of rotatable bonds is 19. The fourth-order valence-electron chi connectivity index (χ4n) is 11.0. The first-order valence-electron chi connectivity index (χ1n) is 29.2. The lowest BCUT2D eigenvalue weighted by molar-refractivity contribution is -0.247. The molecule has 4 aromatic carbocycles. The molecule has 0 bridgehead atoms. The first kappa shape index (κ1) is 66.9. The summed E-state index contributed by atoms with van der Waals surface area (Å²) in [7, 11) is -4.55. The number of anilines is 2. The third-order valence-corrected chi connectivity index (χ3v) is 17.7. The highest BCUT2D eigenvalue weighted by molar-refractivity contribution is 7.93. The van der Waals surface area contributed by atoms with E-state index < -0.39 is 82.1 Å². The number of allylic oxidation sites excluding steroid dienone is 3. The number of aliphatic hydroxyl groups is 6. The summed E-state index contributed by atoms with van der Waals surface area (Å²) in [6.45, 7) is 17.0. The molecular weight excluding hydrogens is 1150 g/mol. The SMILES string of the molecule is C.CC[C@H]1OC(O)[C@H](NC(=O)/C(C#N)=C(\C)c2ccc(-c3ccc4cc(NCCN5CCOCC5)ccc4c3)o2)[C@@H](O)[C@@H]1O.CC[C@H]1OC(O)[C@H](NS(=O)(=O)/C(C#N)=C(\C)c2ccc(-c3ccc4cc(NCCN5CCOCC5)ccc4c3)o2)[C@@H](O)[C@@H]1O. The predicted octanol–water partition coefficient (Wildman–Crippen LogP) is 5.35. The Hall–Kier alpha value is -7.08.